The van der Waals surface area contributed by atoms with Gasteiger partial charge in [0.2, 0.25) is 0 Å². The molecule has 6 nitrogen and oxygen atoms in total. The van der Waals surface area contributed by atoms with Crippen LogP contribution in [0.25, 0.3) is 5.69 Å². The second-order valence-corrected chi connectivity index (χ2v) is 4.33. The van der Waals surface area contributed by atoms with E-state index in [1.807, 2.05) is 0 Å². The number of carboxylic acid groups (broad SMARTS) is 1. The Bertz CT molecular complexity index is 625. The molecule has 0 radical (unpaired) electrons. The van der Waals surface area contributed by atoms with E-state index in [9.17, 15) is 4.79 Å². The molecule has 2 rings (SSSR count). The fourth-order valence-electron chi connectivity index (χ4n) is 1.69. The number of hydrogen-bond donors (Lipinski definition) is 1. The summed E-state index contributed by atoms with van der Waals surface area (Å²) >= 11 is 5.95. The van der Waals surface area contributed by atoms with Gasteiger partial charge < -0.3 is 9.84 Å². The highest BCUT2D eigenvalue weighted by Crippen LogP contribution is 2.27. The van der Waals surface area contributed by atoms with Gasteiger partial charge in [-0.3, -0.25) is 4.79 Å². The third-order valence-electron chi connectivity index (χ3n) is 2.69. The second-order valence-electron chi connectivity index (χ2n) is 3.92. The average Bonchev–Trinajstić information content (AvgIpc) is 2.71. The predicted octanol–water partition coefficient (Wildman–Crippen LogP) is 1.86. The zero-order chi connectivity index (χ0) is 14.0. The van der Waals surface area contributed by atoms with E-state index in [0.717, 1.165) is 0 Å². The number of benzene rings is 1. The zero-order valence-corrected chi connectivity index (χ0v) is 11.2. The van der Waals surface area contributed by atoms with Gasteiger partial charge in [0.1, 0.15) is 5.75 Å². The molecule has 1 N–H and O–H groups in total. The highest BCUT2D eigenvalue weighted by molar-refractivity contribution is 6.32. The van der Waals surface area contributed by atoms with Crippen molar-refractivity contribution in [2.45, 2.75) is 13.3 Å². The topological polar surface area (TPSA) is 77.2 Å². The first kappa shape index (κ1) is 13.4. The maximum atomic E-state index is 10.7. The van der Waals surface area contributed by atoms with Crippen LogP contribution in [0.5, 0.6) is 5.75 Å². The minimum Gasteiger partial charge on any atom is -0.495 e. The molecule has 0 saturated heterocycles. The molecule has 2 aromatic rings. The fraction of sp³-hybridized carbons (Fsp3) is 0.250. The minimum absolute atomic E-state index is 0.156. The van der Waals surface area contributed by atoms with E-state index < -0.39 is 5.97 Å². The largest absolute Gasteiger partial charge is 0.495 e. The monoisotopic (exact) mass is 281 g/mol. The summed E-state index contributed by atoms with van der Waals surface area (Å²) in [5.41, 5.74) is 1.82. The first-order chi connectivity index (χ1) is 9.02. The lowest BCUT2D eigenvalue weighted by atomic mass is 10.2. The molecule has 0 aliphatic heterocycles. The van der Waals surface area contributed by atoms with Crippen molar-refractivity contribution < 1.29 is 14.6 Å². The third-order valence-corrected chi connectivity index (χ3v) is 3.00. The van der Waals surface area contributed by atoms with Crippen LogP contribution in [0.4, 0.5) is 0 Å². The Kier molecular flexibility index (Phi) is 3.71. The van der Waals surface area contributed by atoms with Crippen molar-refractivity contribution >= 4 is 17.6 Å². The van der Waals surface area contributed by atoms with Crippen molar-refractivity contribution in [1.29, 1.82) is 0 Å². The van der Waals surface area contributed by atoms with Crippen LogP contribution in [0.3, 0.4) is 0 Å². The first-order valence-corrected chi connectivity index (χ1v) is 5.87. The molecule has 0 spiro atoms. The number of ether oxygens (including phenoxy) is 1. The van der Waals surface area contributed by atoms with Crippen molar-refractivity contribution in [2.75, 3.05) is 7.11 Å². The van der Waals surface area contributed by atoms with Crippen molar-refractivity contribution in [2.24, 2.45) is 0 Å². The van der Waals surface area contributed by atoms with E-state index in [0.29, 0.717) is 27.8 Å². The van der Waals surface area contributed by atoms with E-state index in [4.69, 9.17) is 21.4 Å². The highest BCUT2D eigenvalue weighted by Gasteiger charge is 2.14. The molecule has 0 amide bonds. The highest BCUT2D eigenvalue weighted by atomic mass is 35.5. The fourth-order valence-corrected chi connectivity index (χ4v) is 1.89. The molecule has 1 aromatic carbocycles. The maximum Gasteiger partial charge on any atom is 0.309 e. The molecule has 0 unspecified atom stereocenters. The van der Waals surface area contributed by atoms with Gasteiger partial charge in [0.25, 0.3) is 0 Å². The molecular formula is C12H12ClN3O3. The van der Waals surface area contributed by atoms with E-state index in [1.54, 1.807) is 29.8 Å². The molecule has 0 fully saturated rings. The van der Waals surface area contributed by atoms with E-state index >= 15 is 0 Å². The van der Waals surface area contributed by atoms with Crippen molar-refractivity contribution in [3.05, 3.63) is 34.6 Å². The third kappa shape index (κ3) is 2.68. The zero-order valence-electron chi connectivity index (χ0n) is 10.4. The van der Waals surface area contributed by atoms with Gasteiger partial charge in [-0.05, 0) is 19.1 Å². The van der Waals surface area contributed by atoms with Gasteiger partial charge in [-0.1, -0.05) is 16.8 Å². The summed E-state index contributed by atoms with van der Waals surface area (Å²) in [6.45, 7) is 1.76. The van der Waals surface area contributed by atoms with Gasteiger partial charge in [0.05, 0.1) is 35.6 Å². The van der Waals surface area contributed by atoms with Crippen LogP contribution in [0.15, 0.2) is 18.2 Å². The molecule has 1 heterocycles. The lowest BCUT2D eigenvalue weighted by molar-refractivity contribution is -0.136. The smallest absolute Gasteiger partial charge is 0.309 e. The molecule has 0 aliphatic rings. The van der Waals surface area contributed by atoms with E-state index in [1.165, 1.54) is 7.11 Å². The van der Waals surface area contributed by atoms with Crippen molar-refractivity contribution in [3.63, 3.8) is 0 Å². The Morgan fingerprint density at radius 3 is 2.89 bits per heavy atom. The normalized spacial score (nSPS) is 10.5. The van der Waals surface area contributed by atoms with Gasteiger partial charge >= 0.3 is 5.97 Å². The van der Waals surface area contributed by atoms with Crippen molar-refractivity contribution in [1.82, 2.24) is 15.0 Å². The Morgan fingerprint density at radius 2 is 2.26 bits per heavy atom. The van der Waals surface area contributed by atoms with Gasteiger partial charge in [0, 0.05) is 6.07 Å². The number of carboxylic acids is 1. The van der Waals surface area contributed by atoms with Crippen LogP contribution >= 0.6 is 11.6 Å². The van der Waals surface area contributed by atoms with Gasteiger partial charge in [-0.25, -0.2) is 4.68 Å². The summed E-state index contributed by atoms with van der Waals surface area (Å²) in [4.78, 5) is 10.7. The molecule has 7 heteroatoms. The van der Waals surface area contributed by atoms with Crippen LogP contribution in [0, 0.1) is 6.92 Å². The van der Waals surface area contributed by atoms with Crippen LogP contribution < -0.4 is 4.74 Å². The summed E-state index contributed by atoms with van der Waals surface area (Å²) in [5, 5.41) is 17.1. The van der Waals surface area contributed by atoms with E-state index in [2.05, 4.69) is 10.3 Å². The van der Waals surface area contributed by atoms with Gasteiger partial charge in [0.15, 0.2) is 0 Å². The lowest BCUT2D eigenvalue weighted by Gasteiger charge is -2.07. The SMILES string of the molecule is COc1cc(-n2nnc(CC(=O)O)c2C)ccc1Cl. The summed E-state index contributed by atoms with van der Waals surface area (Å²) in [5.74, 6) is -0.419. The van der Waals surface area contributed by atoms with Crippen LogP contribution in [0.1, 0.15) is 11.4 Å². The number of rotatable bonds is 4. The van der Waals surface area contributed by atoms with Crippen LogP contribution in [-0.4, -0.2) is 33.2 Å². The Hall–Kier alpha value is -2.08. The Morgan fingerprint density at radius 1 is 1.53 bits per heavy atom. The summed E-state index contributed by atoms with van der Waals surface area (Å²) in [6.07, 6.45) is -0.156. The molecule has 0 aliphatic carbocycles. The lowest BCUT2D eigenvalue weighted by Crippen LogP contribution is -2.03. The number of aliphatic carboxylic acids is 1. The standard InChI is InChI=1S/C12H12ClN3O3/c1-7-10(6-12(17)18)14-15-16(7)8-3-4-9(13)11(5-8)19-2/h3-5H,6H2,1-2H3,(H,17,18). The summed E-state index contributed by atoms with van der Waals surface area (Å²) in [6, 6.07) is 5.17. The molecule has 100 valence electrons. The van der Waals surface area contributed by atoms with Crippen LogP contribution in [0.2, 0.25) is 5.02 Å². The predicted molar refractivity (Wildman–Crippen MR) is 69.0 cm³/mol. The second kappa shape index (κ2) is 5.27. The molecule has 19 heavy (non-hydrogen) atoms. The van der Waals surface area contributed by atoms with Gasteiger partial charge in [-0.2, -0.15) is 0 Å². The maximum absolute atomic E-state index is 10.7. The molecule has 1 aromatic heterocycles. The molecule has 0 atom stereocenters. The van der Waals surface area contributed by atoms with Crippen LogP contribution in [-0.2, 0) is 11.2 Å². The number of carbonyl (C=O) groups is 1. The molecule has 0 saturated carbocycles. The minimum atomic E-state index is -0.941. The van der Waals surface area contributed by atoms with Gasteiger partial charge in [-0.15, -0.1) is 5.10 Å². The summed E-state index contributed by atoms with van der Waals surface area (Å²) in [7, 11) is 1.52. The number of methoxy groups -OCH3 is 1. The molecule has 0 bridgehead atoms. The molecular weight excluding hydrogens is 270 g/mol. The first-order valence-electron chi connectivity index (χ1n) is 5.50. The Balaban J connectivity index is 2.42. The number of nitrogens with zero attached hydrogens (tertiary/aromatic N) is 3. The number of hydrogen-bond acceptors (Lipinski definition) is 4. The van der Waals surface area contributed by atoms with E-state index in [-0.39, 0.29) is 6.42 Å². The summed E-state index contributed by atoms with van der Waals surface area (Å²) < 4.78 is 6.68. The Labute approximate surface area is 114 Å². The van der Waals surface area contributed by atoms with Crippen molar-refractivity contribution in [3.8, 4) is 11.4 Å². The average molecular weight is 282 g/mol. The number of halogens is 1. The number of aromatic nitrogens is 3. The quantitative estimate of drug-likeness (QED) is 0.925.